The largest absolute Gasteiger partial charge is 0.481 e. The Morgan fingerprint density at radius 2 is 1.16 bits per heavy atom. The van der Waals surface area contributed by atoms with Crippen LogP contribution in [0, 0.1) is 0 Å². The first-order valence-corrected chi connectivity index (χ1v) is 4.59. The molecule has 0 aliphatic carbocycles. The average molecular weight is 285 g/mol. The molecule has 0 radical (unpaired) electrons. The normalized spacial score (nSPS) is 11.2. The zero-order valence-electron chi connectivity index (χ0n) is 9.77. The van der Waals surface area contributed by atoms with Gasteiger partial charge in [0.25, 0.3) is 0 Å². The standard InChI is InChI=1S/C6H8O7.C2H7NO3/c7-3(8)1-6(13,5(11)12)2-4(9)10;1-3-2(4,5)6/h13H,1-2H2,(H,7,8)(H,9,10)(H,11,12);3-6H,1H3. The molecule has 0 unspecified atom stereocenters. The third kappa shape index (κ3) is 11.1. The molecule has 0 atom stereocenters. The second kappa shape index (κ2) is 7.60. The average Bonchev–Trinajstić information content (AvgIpc) is 2.14. The number of hydrogen-bond acceptors (Lipinski definition) is 8. The van der Waals surface area contributed by atoms with Crippen LogP contribution < -0.4 is 5.32 Å². The molecule has 19 heavy (non-hydrogen) atoms. The van der Waals surface area contributed by atoms with E-state index in [-0.39, 0.29) is 0 Å². The van der Waals surface area contributed by atoms with E-state index in [1.165, 1.54) is 7.05 Å². The first-order valence-electron chi connectivity index (χ1n) is 4.59. The highest BCUT2D eigenvalue weighted by Crippen LogP contribution is 2.15. The number of hydrogen-bond donors (Lipinski definition) is 8. The fourth-order valence-electron chi connectivity index (χ4n) is 0.714. The second-order valence-electron chi connectivity index (χ2n) is 3.36. The van der Waals surface area contributed by atoms with Crippen molar-refractivity contribution < 1.29 is 50.1 Å². The van der Waals surface area contributed by atoms with Gasteiger partial charge in [-0.1, -0.05) is 0 Å². The smallest absolute Gasteiger partial charge is 0.342 e. The zero-order valence-corrected chi connectivity index (χ0v) is 9.77. The van der Waals surface area contributed by atoms with E-state index in [2.05, 4.69) is 0 Å². The van der Waals surface area contributed by atoms with Gasteiger partial charge in [-0.25, -0.2) is 10.1 Å². The SMILES string of the molecule is CNC(O)(O)O.O=C(O)CC(O)(CC(=O)O)C(=O)O. The zero-order chi connectivity index (χ0) is 15.9. The minimum Gasteiger partial charge on any atom is -0.481 e. The van der Waals surface area contributed by atoms with Crippen molar-refractivity contribution >= 4 is 17.9 Å². The molecule has 0 bridgehead atoms. The van der Waals surface area contributed by atoms with Gasteiger partial charge < -0.3 is 35.7 Å². The number of nitrogens with one attached hydrogen (secondary N) is 1. The van der Waals surface area contributed by atoms with Crippen LogP contribution >= 0.6 is 0 Å². The van der Waals surface area contributed by atoms with Crippen molar-refractivity contribution in [2.45, 2.75) is 24.5 Å². The summed E-state index contributed by atoms with van der Waals surface area (Å²) in [5.41, 5.74) is -2.74. The molecular formula is C8H15NO10. The molecule has 0 aromatic carbocycles. The lowest BCUT2D eigenvalue weighted by molar-refractivity contribution is -0.328. The summed E-state index contributed by atoms with van der Waals surface area (Å²) >= 11 is 0. The summed E-state index contributed by atoms with van der Waals surface area (Å²) in [6.07, 6.45) is -5.00. The molecule has 0 aromatic rings. The van der Waals surface area contributed by atoms with E-state index in [1.54, 1.807) is 5.32 Å². The lowest BCUT2D eigenvalue weighted by Gasteiger charge is -2.18. The van der Waals surface area contributed by atoms with Crippen LogP contribution in [0.3, 0.4) is 0 Å². The molecule has 0 aliphatic heterocycles. The van der Waals surface area contributed by atoms with Crippen LogP contribution in [0.2, 0.25) is 0 Å². The lowest BCUT2D eigenvalue weighted by atomic mass is 9.96. The Morgan fingerprint density at radius 1 is 0.895 bits per heavy atom. The van der Waals surface area contributed by atoms with Crippen LogP contribution in [0.1, 0.15) is 12.8 Å². The minimum absolute atomic E-state index is 1.14. The van der Waals surface area contributed by atoms with Crippen LogP contribution in [0.5, 0.6) is 0 Å². The van der Waals surface area contributed by atoms with Crippen molar-refractivity contribution in [1.29, 1.82) is 0 Å². The second-order valence-corrected chi connectivity index (χ2v) is 3.36. The van der Waals surface area contributed by atoms with E-state index in [0.717, 1.165) is 0 Å². The van der Waals surface area contributed by atoms with Gasteiger partial charge in [-0.2, -0.15) is 0 Å². The van der Waals surface area contributed by atoms with Crippen LogP contribution in [-0.4, -0.2) is 72.4 Å². The number of carboxylic acid groups (broad SMARTS) is 3. The quantitative estimate of drug-likeness (QED) is 0.225. The third-order valence-electron chi connectivity index (χ3n) is 1.62. The van der Waals surface area contributed by atoms with E-state index in [0.29, 0.717) is 0 Å². The first-order chi connectivity index (χ1) is 8.34. The number of carbonyl (C=O) groups is 3. The highest BCUT2D eigenvalue weighted by atomic mass is 16.7. The lowest BCUT2D eigenvalue weighted by Crippen LogP contribution is -2.42. The minimum atomic E-state index is -2.74. The Kier molecular flexibility index (Phi) is 7.82. The molecule has 8 N–H and O–H groups in total. The van der Waals surface area contributed by atoms with Gasteiger partial charge in [-0.15, -0.1) is 0 Å². The Morgan fingerprint density at radius 3 is 1.26 bits per heavy atom. The fraction of sp³-hybridized carbons (Fsp3) is 0.625. The third-order valence-corrected chi connectivity index (χ3v) is 1.62. The van der Waals surface area contributed by atoms with Gasteiger partial charge in [-0.05, 0) is 7.05 Å². The van der Waals surface area contributed by atoms with Crippen LogP contribution in [0.15, 0.2) is 0 Å². The molecule has 0 aliphatic rings. The van der Waals surface area contributed by atoms with E-state index in [1.807, 2.05) is 0 Å². The predicted molar refractivity (Wildman–Crippen MR) is 55.5 cm³/mol. The van der Waals surface area contributed by atoms with Crippen molar-refractivity contribution in [2.24, 2.45) is 0 Å². The number of rotatable bonds is 6. The van der Waals surface area contributed by atoms with Crippen molar-refractivity contribution in [3.05, 3.63) is 0 Å². The Labute approximate surface area is 106 Å². The van der Waals surface area contributed by atoms with Gasteiger partial charge in [0.1, 0.15) is 0 Å². The molecule has 0 saturated carbocycles. The number of aliphatic carboxylic acids is 3. The highest BCUT2D eigenvalue weighted by molar-refractivity contribution is 5.88. The molecule has 0 saturated heterocycles. The molecule has 0 heterocycles. The summed E-state index contributed by atoms with van der Waals surface area (Å²) in [7, 11) is 1.21. The summed E-state index contributed by atoms with van der Waals surface area (Å²) in [4.78, 5) is 30.5. The summed E-state index contributed by atoms with van der Waals surface area (Å²) in [5, 5.41) is 59.1. The van der Waals surface area contributed by atoms with Crippen molar-refractivity contribution in [2.75, 3.05) is 7.05 Å². The molecule has 0 spiro atoms. The summed E-state index contributed by atoms with van der Waals surface area (Å²) in [5.74, 6) is -5.02. The Bertz CT molecular complexity index is 317. The molecule has 0 fully saturated rings. The van der Waals surface area contributed by atoms with Crippen molar-refractivity contribution in [1.82, 2.24) is 5.32 Å². The van der Waals surface area contributed by atoms with Gasteiger partial charge in [0.15, 0.2) is 5.60 Å². The molecule has 11 nitrogen and oxygen atoms in total. The molecule has 112 valence electrons. The van der Waals surface area contributed by atoms with E-state index in [9.17, 15) is 14.4 Å². The van der Waals surface area contributed by atoms with Gasteiger partial charge in [0, 0.05) is 0 Å². The van der Waals surface area contributed by atoms with Gasteiger partial charge in [0.2, 0.25) is 0 Å². The van der Waals surface area contributed by atoms with Gasteiger partial charge in [-0.3, -0.25) is 9.59 Å². The van der Waals surface area contributed by atoms with Crippen molar-refractivity contribution in [3.8, 4) is 0 Å². The molecular weight excluding hydrogens is 270 g/mol. The molecule has 0 aromatic heterocycles. The van der Waals surface area contributed by atoms with Crippen LogP contribution in [0.4, 0.5) is 0 Å². The Balaban J connectivity index is 0. The number of aliphatic hydroxyl groups is 4. The first kappa shape index (κ1) is 19.5. The molecule has 0 amide bonds. The van der Waals surface area contributed by atoms with E-state index in [4.69, 9.17) is 35.7 Å². The fourth-order valence-corrected chi connectivity index (χ4v) is 0.714. The van der Waals surface area contributed by atoms with Crippen molar-refractivity contribution in [3.63, 3.8) is 0 Å². The summed E-state index contributed by atoms with van der Waals surface area (Å²) in [6.45, 7) is 0. The summed E-state index contributed by atoms with van der Waals surface area (Å²) < 4.78 is 0. The Hall–Kier alpha value is -1.79. The molecule has 0 rings (SSSR count). The van der Waals surface area contributed by atoms with Gasteiger partial charge in [0.05, 0.1) is 12.8 Å². The maximum absolute atomic E-state index is 10.3. The van der Waals surface area contributed by atoms with Crippen LogP contribution in [0.25, 0.3) is 0 Å². The maximum atomic E-state index is 10.3. The monoisotopic (exact) mass is 285 g/mol. The van der Waals surface area contributed by atoms with E-state index < -0.39 is 42.4 Å². The van der Waals surface area contributed by atoms with E-state index >= 15 is 0 Å². The van der Waals surface area contributed by atoms with Gasteiger partial charge >= 0.3 is 24.0 Å². The maximum Gasteiger partial charge on any atom is 0.342 e. The van der Waals surface area contributed by atoms with Crippen LogP contribution in [-0.2, 0) is 14.4 Å². The topological polar surface area (TPSA) is 205 Å². The highest BCUT2D eigenvalue weighted by Gasteiger charge is 2.40. The predicted octanol–water partition coefficient (Wildman–Crippen LogP) is -3.45. The molecule has 11 heteroatoms. The number of carboxylic acids is 3. The summed E-state index contributed by atoms with van der Waals surface area (Å²) in [6, 6.07) is 0.